The minimum absolute atomic E-state index is 0.0484. The SMILES string of the molecule is NC(=O)NCC1CCCN(C(=O)c2nc(N)n[nH]2)C1. The molecule has 0 aliphatic carbocycles. The van der Waals surface area contributed by atoms with E-state index in [-0.39, 0.29) is 23.6 Å². The van der Waals surface area contributed by atoms with E-state index in [1.807, 2.05) is 0 Å². The number of hydrogen-bond acceptors (Lipinski definition) is 5. The van der Waals surface area contributed by atoms with E-state index in [1.165, 1.54) is 0 Å². The number of likely N-dealkylation sites (tertiary alicyclic amines) is 1. The van der Waals surface area contributed by atoms with Crippen LogP contribution in [0.2, 0.25) is 0 Å². The van der Waals surface area contributed by atoms with Crippen LogP contribution >= 0.6 is 0 Å². The van der Waals surface area contributed by atoms with Crippen LogP contribution in [0.15, 0.2) is 0 Å². The topological polar surface area (TPSA) is 143 Å². The lowest BCUT2D eigenvalue weighted by Crippen LogP contribution is -2.44. The fourth-order valence-electron chi connectivity index (χ4n) is 2.18. The second kappa shape index (κ2) is 5.55. The summed E-state index contributed by atoms with van der Waals surface area (Å²) in [5, 5.41) is 8.70. The number of H-pyrrole nitrogens is 1. The Hall–Kier alpha value is -2.32. The summed E-state index contributed by atoms with van der Waals surface area (Å²) in [7, 11) is 0. The lowest BCUT2D eigenvalue weighted by molar-refractivity contribution is 0.0663. The largest absolute Gasteiger partial charge is 0.366 e. The molecule has 1 atom stereocenters. The first kappa shape index (κ1) is 13.1. The summed E-state index contributed by atoms with van der Waals surface area (Å²) in [4.78, 5) is 28.3. The first-order valence-corrected chi connectivity index (χ1v) is 6.06. The van der Waals surface area contributed by atoms with Gasteiger partial charge in [0.1, 0.15) is 0 Å². The average molecular weight is 267 g/mol. The van der Waals surface area contributed by atoms with Crippen molar-refractivity contribution in [3.8, 4) is 0 Å². The third-order valence-electron chi connectivity index (χ3n) is 3.08. The van der Waals surface area contributed by atoms with Crippen molar-refractivity contribution in [3.05, 3.63) is 5.82 Å². The van der Waals surface area contributed by atoms with Gasteiger partial charge in [0.25, 0.3) is 5.91 Å². The van der Waals surface area contributed by atoms with Gasteiger partial charge in [0.2, 0.25) is 11.8 Å². The van der Waals surface area contributed by atoms with Crippen molar-refractivity contribution in [2.24, 2.45) is 11.7 Å². The van der Waals surface area contributed by atoms with Gasteiger partial charge in [0.05, 0.1) is 0 Å². The Bertz CT molecular complexity index is 472. The molecule has 9 heteroatoms. The summed E-state index contributed by atoms with van der Waals surface area (Å²) < 4.78 is 0. The molecule has 0 radical (unpaired) electrons. The minimum atomic E-state index is -0.550. The molecule has 6 N–H and O–H groups in total. The highest BCUT2D eigenvalue weighted by Crippen LogP contribution is 2.17. The second-order valence-corrected chi connectivity index (χ2v) is 4.55. The number of nitrogens with two attached hydrogens (primary N) is 2. The number of rotatable bonds is 3. The van der Waals surface area contributed by atoms with Gasteiger partial charge >= 0.3 is 6.03 Å². The van der Waals surface area contributed by atoms with Crippen molar-refractivity contribution < 1.29 is 9.59 Å². The number of carbonyl (C=O) groups is 2. The van der Waals surface area contributed by atoms with Crippen LogP contribution in [0, 0.1) is 5.92 Å². The van der Waals surface area contributed by atoms with E-state index in [9.17, 15) is 9.59 Å². The summed E-state index contributed by atoms with van der Waals surface area (Å²) in [6, 6.07) is -0.550. The van der Waals surface area contributed by atoms with Crippen molar-refractivity contribution >= 4 is 17.9 Å². The molecule has 2 rings (SSSR count). The van der Waals surface area contributed by atoms with Crippen LogP contribution in [0.5, 0.6) is 0 Å². The van der Waals surface area contributed by atoms with Gasteiger partial charge in [-0.3, -0.25) is 9.89 Å². The Morgan fingerprint density at radius 2 is 2.32 bits per heavy atom. The fraction of sp³-hybridized carbons (Fsp3) is 0.600. The molecule has 3 amide bonds. The summed E-state index contributed by atoms with van der Waals surface area (Å²) in [6.45, 7) is 1.68. The molecule has 0 saturated carbocycles. The molecule has 1 aliphatic heterocycles. The molecule has 1 aliphatic rings. The number of nitrogens with zero attached hydrogens (tertiary/aromatic N) is 3. The molecule has 9 nitrogen and oxygen atoms in total. The fourth-order valence-corrected chi connectivity index (χ4v) is 2.18. The van der Waals surface area contributed by atoms with Gasteiger partial charge in [-0.25, -0.2) is 4.79 Å². The molecule has 19 heavy (non-hydrogen) atoms. The zero-order chi connectivity index (χ0) is 13.8. The Morgan fingerprint density at radius 3 is 2.95 bits per heavy atom. The highest BCUT2D eigenvalue weighted by atomic mass is 16.2. The molecule has 0 bridgehead atoms. The van der Waals surface area contributed by atoms with Crippen LogP contribution in [0.1, 0.15) is 23.5 Å². The highest BCUT2D eigenvalue weighted by molar-refractivity contribution is 5.90. The molecule has 1 aromatic heterocycles. The monoisotopic (exact) mass is 267 g/mol. The van der Waals surface area contributed by atoms with Crippen molar-refractivity contribution in [2.45, 2.75) is 12.8 Å². The van der Waals surface area contributed by atoms with Crippen molar-refractivity contribution in [2.75, 3.05) is 25.4 Å². The Labute approximate surface area is 109 Å². The number of aromatic nitrogens is 3. The number of hydrogen-bond donors (Lipinski definition) is 4. The van der Waals surface area contributed by atoms with Crippen LogP contribution in [0.25, 0.3) is 0 Å². The van der Waals surface area contributed by atoms with Gasteiger partial charge in [-0.2, -0.15) is 4.98 Å². The zero-order valence-corrected chi connectivity index (χ0v) is 10.4. The molecule has 1 aromatic rings. The number of nitrogen functional groups attached to an aromatic ring is 1. The molecular weight excluding hydrogens is 250 g/mol. The summed E-state index contributed by atoms with van der Waals surface area (Å²) in [5.74, 6) is 0.159. The van der Waals surface area contributed by atoms with Gasteiger partial charge in [-0.05, 0) is 18.8 Å². The highest BCUT2D eigenvalue weighted by Gasteiger charge is 2.26. The molecule has 2 heterocycles. The van der Waals surface area contributed by atoms with Gasteiger partial charge in [0.15, 0.2) is 0 Å². The van der Waals surface area contributed by atoms with Crippen LogP contribution in [-0.2, 0) is 0 Å². The number of piperidine rings is 1. The molecule has 0 aromatic carbocycles. The lowest BCUT2D eigenvalue weighted by Gasteiger charge is -2.32. The maximum absolute atomic E-state index is 12.1. The quantitative estimate of drug-likeness (QED) is 0.550. The number of carbonyl (C=O) groups excluding carboxylic acids is 2. The predicted molar refractivity (Wildman–Crippen MR) is 67.0 cm³/mol. The molecule has 1 saturated heterocycles. The number of urea groups is 1. The lowest BCUT2D eigenvalue weighted by atomic mass is 9.98. The standard InChI is InChI=1S/C10H17N7O2/c11-9-14-7(15-16-9)8(18)17-3-1-2-6(5-17)4-13-10(12)19/h6H,1-5H2,(H3,12,13,19)(H3,11,14,15,16). The summed E-state index contributed by atoms with van der Waals surface area (Å²) in [5.41, 5.74) is 10.4. The Morgan fingerprint density at radius 1 is 1.53 bits per heavy atom. The van der Waals surface area contributed by atoms with Crippen LogP contribution in [-0.4, -0.2) is 51.7 Å². The van der Waals surface area contributed by atoms with Gasteiger partial charge in [0, 0.05) is 19.6 Å². The van der Waals surface area contributed by atoms with Crippen LogP contribution in [0.3, 0.4) is 0 Å². The van der Waals surface area contributed by atoms with Gasteiger partial charge < -0.3 is 21.7 Å². The Kier molecular flexibility index (Phi) is 3.83. The molecule has 1 fully saturated rings. The summed E-state index contributed by atoms with van der Waals surface area (Å²) in [6.07, 6.45) is 1.82. The second-order valence-electron chi connectivity index (χ2n) is 4.55. The van der Waals surface area contributed by atoms with Gasteiger partial charge in [-0.1, -0.05) is 0 Å². The number of aromatic amines is 1. The van der Waals surface area contributed by atoms with E-state index < -0.39 is 6.03 Å². The van der Waals surface area contributed by atoms with E-state index in [2.05, 4.69) is 20.5 Å². The summed E-state index contributed by atoms with van der Waals surface area (Å²) >= 11 is 0. The number of amides is 3. The first-order valence-electron chi connectivity index (χ1n) is 6.06. The minimum Gasteiger partial charge on any atom is -0.366 e. The molecular formula is C10H17N7O2. The molecule has 104 valence electrons. The number of nitrogens with one attached hydrogen (secondary N) is 2. The Balaban J connectivity index is 1.93. The van der Waals surface area contributed by atoms with E-state index in [1.54, 1.807) is 4.90 Å². The zero-order valence-electron chi connectivity index (χ0n) is 10.4. The van der Waals surface area contributed by atoms with E-state index >= 15 is 0 Å². The molecule has 1 unspecified atom stereocenters. The van der Waals surface area contributed by atoms with Crippen LogP contribution < -0.4 is 16.8 Å². The van der Waals surface area contributed by atoms with Crippen molar-refractivity contribution in [1.29, 1.82) is 0 Å². The predicted octanol–water partition coefficient (Wildman–Crippen LogP) is -1.09. The maximum atomic E-state index is 12.1. The van der Waals surface area contributed by atoms with Gasteiger partial charge in [-0.15, -0.1) is 5.10 Å². The van der Waals surface area contributed by atoms with Crippen LogP contribution in [0.4, 0.5) is 10.7 Å². The normalized spacial score (nSPS) is 19.2. The third-order valence-corrected chi connectivity index (χ3v) is 3.08. The van der Waals surface area contributed by atoms with Crippen molar-refractivity contribution in [1.82, 2.24) is 25.4 Å². The third kappa shape index (κ3) is 3.33. The number of primary amides is 1. The molecule has 0 spiro atoms. The van der Waals surface area contributed by atoms with E-state index in [0.717, 1.165) is 12.8 Å². The van der Waals surface area contributed by atoms with Crippen molar-refractivity contribution in [3.63, 3.8) is 0 Å². The average Bonchev–Trinajstić information content (AvgIpc) is 2.82. The maximum Gasteiger partial charge on any atom is 0.312 e. The van der Waals surface area contributed by atoms with E-state index in [0.29, 0.717) is 19.6 Å². The smallest absolute Gasteiger partial charge is 0.312 e. The first-order chi connectivity index (χ1) is 9.06. The number of anilines is 1. The van der Waals surface area contributed by atoms with E-state index in [4.69, 9.17) is 11.5 Å².